The Hall–Kier alpha value is -3.61. The Morgan fingerprint density at radius 3 is 2.40 bits per heavy atom. The van der Waals surface area contributed by atoms with Gasteiger partial charge in [0.1, 0.15) is 5.58 Å². The number of benzene rings is 3. The fourth-order valence-electron chi connectivity index (χ4n) is 4.41. The minimum atomic E-state index is -0.232. The maximum Gasteiger partial charge on any atom is 0.240 e. The summed E-state index contributed by atoms with van der Waals surface area (Å²) in [5, 5.41) is 3.70. The normalized spacial score (nSPS) is 14.3. The summed E-state index contributed by atoms with van der Waals surface area (Å²) in [6.07, 6.45) is 0. The summed E-state index contributed by atoms with van der Waals surface area (Å²) in [5.41, 5.74) is 3.41. The van der Waals surface area contributed by atoms with Gasteiger partial charge in [0, 0.05) is 36.9 Å². The second-order valence-electron chi connectivity index (χ2n) is 8.79. The van der Waals surface area contributed by atoms with Crippen LogP contribution in [0.1, 0.15) is 5.56 Å². The van der Waals surface area contributed by atoms with Crippen LogP contribution in [0.4, 0.5) is 11.6 Å². The molecule has 1 amide bonds. The van der Waals surface area contributed by atoms with Crippen molar-refractivity contribution in [2.45, 2.75) is 6.92 Å². The fourth-order valence-corrected chi connectivity index (χ4v) is 4.58. The predicted octanol–water partition coefficient (Wildman–Crippen LogP) is 5.18. The Labute approximate surface area is 208 Å². The molecule has 0 spiro atoms. The number of anilines is 2. The molecular formula is C28H26ClN3O3. The summed E-state index contributed by atoms with van der Waals surface area (Å²) in [7, 11) is 0. The van der Waals surface area contributed by atoms with E-state index in [-0.39, 0.29) is 23.8 Å². The second kappa shape index (κ2) is 9.94. The van der Waals surface area contributed by atoms with E-state index in [0.717, 1.165) is 31.7 Å². The van der Waals surface area contributed by atoms with Crippen LogP contribution in [0.3, 0.4) is 0 Å². The lowest BCUT2D eigenvalue weighted by atomic mass is 10.0. The number of hydrogen-bond donors (Lipinski definition) is 1. The van der Waals surface area contributed by atoms with Gasteiger partial charge in [-0.15, -0.1) is 0 Å². The molecule has 178 valence electrons. The van der Waals surface area contributed by atoms with Gasteiger partial charge < -0.3 is 9.32 Å². The third kappa shape index (κ3) is 5.09. The molecule has 1 saturated heterocycles. The van der Waals surface area contributed by atoms with Gasteiger partial charge in [-0.1, -0.05) is 59.6 Å². The van der Waals surface area contributed by atoms with Gasteiger partial charge in [0.25, 0.3) is 0 Å². The summed E-state index contributed by atoms with van der Waals surface area (Å²) in [6, 6.07) is 22.8. The number of rotatable bonds is 5. The predicted molar refractivity (Wildman–Crippen MR) is 141 cm³/mol. The van der Waals surface area contributed by atoms with Gasteiger partial charge in [-0.2, -0.15) is 0 Å². The SMILES string of the molecule is Cc1ccc(-c2c(NC(=O)CN3CCN(c4ccccc4)CC3)oc3ccc(Cl)cc3c2=O)cc1. The average Bonchev–Trinajstić information content (AvgIpc) is 2.86. The van der Waals surface area contributed by atoms with Gasteiger partial charge in [0.2, 0.25) is 17.2 Å². The highest BCUT2D eigenvalue weighted by atomic mass is 35.5. The van der Waals surface area contributed by atoms with Crippen molar-refractivity contribution in [3.05, 3.63) is 93.6 Å². The first-order valence-electron chi connectivity index (χ1n) is 11.6. The quantitative estimate of drug-likeness (QED) is 0.420. The number of para-hydroxylation sites is 1. The van der Waals surface area contributed by atoms with Crippen LogP contribution >= 0.6 is 11.6 Å². The third-order valence-corrected chi connectivity index (χ3v) is 6.54. The first kappa shape index (κ1) is 23.1. The molecule has 5 rings (SSSR count). The zero-order valence-electron chi connectivity index (χ0n) is 19.5. The van der Waals surface area contributed by atoms with Crippen LogP contribution in [0.5, 0.6) is 0 Å². The van der Waals surface area contributed by atoms with Crippen LogP contribution in [0, 0.1) is 6.92 Å². The highest BCUT2D eigenvalue weighted by Gasteiger charge is 2.22. The summed E-state index contributed by atoms with van der Waals surface area (Å²) in [6.45, 7) is 5.43. The van der Waals surface area contributed by atoms with Gasteiger partial charge >= 0.3 is 0 Å². The van der Waals surface area contributed by atoms with E-state index in [4.69, 9.17) is 16.0 Å². The molecule has 2 heterocycles. The maximum atomic E-state index is 13.4. The molecule has 4 aromatic rings. The lowest BCUT2D eigenvalue weighted by Crippen LogP contribution is -2.48. The highest BCUT2D eigenvalue weighted by molar-refractivity contribution is 6.31. The van der Waals surface area contributed by atoms with E-state index in [1.807, 2.05) is 49.4 Å². The lowest BCUT2D eigenvalue weighted by Gasteiger charge is -2.35. The minimum Gasteiger partial charge on any atom is -0.439 e. The number of fused-ring (bicyclic) bond motifs is 1. The number of halogens is 1. The van der Waals surface area contributed by atoms with Crippen molar-refractivity contribution < 1.29 is 9.21 Å². The van der Waals surface area contributed by atoms with Gasteiger partial charge in [0.15, 0.2) is 0 Å². The van der Waals surface area contributed by atoms with Crippen molar-refractivity contribution in [1.82, 2.24) is 4.90 Å². The van der Waals surface area contributed by atoms with Crippen LogP contribution in [0.25, 0.3) is 22.1 Å². The molecule has 0 aliphatic carbocycles. The van der Waals surface area contributed by atoms with Crippen molar-refractivity contribution >= 4 is 40.0 Å². The standard InChI is InChI=1S/C28H26ClN3O3/c1-19-7-9-20(10-8-19)26-27(34)23-17-21(29)11-12-24(23)35-28(26)30-25(33)18-31-13-15-32(16-14-31)22-5-3-2-4-6-22/h2-12,17H,13-16,18H2,1H3,(H,30,33). The summed E-state index contributed by atoms with van der Waals surface area (Å²) in [4.78, 5) is 30.9. The van der Waals surface area contributed by atoms with Gasteiger partial charge in [-0.3, -0.25) is 19.8 Å². The van der Waals surface area contributed by atoms with Crippen molar-refractivity contribution in [2.24, 2.45) is 0 Å². The number of nitrogens with zero attached hydrogens (tertiary/aromatic N) is 2. The molecular weight excluding hydrogens is 462 g/mol. The number of amides is 1. The number of piperazine rings is 1. The lowest BCUT2D eigenvalue weighted by molar-refractivity contribution is -0.117. The van der Waals surface area contributed by atoms with Gasteiger partial charge in [0.05, 0.1) is 17.5 Å². The molecule has 1 aliphatic heterocycles. The molecule has 1 aliphatic rings. The van der Waals surface area contributed by atoms with Gasteiger partial charge in [-0.05, 0) is 42.8 Å². The van der Waals surface area contributed by atoms with Crippen molar-refractivity contribution in [2.75, 3.05) is 42.9 Å². The number of carbonyl (C=O) groups is 1. The first-order chi connectivity index (χ1) is 17.0. The largest absolute Gasteiger partial charge is 0.439 e. The molecule has 0 bridgehead atoms. The fraction of sp³-hybridized carbons (Fsp3) is 0.214. The zero-order valence-corrected chi connectivity index (χ0v) is 20.2. The van der Waals surface area contributed by atoms with Gasteiger partial charge in [-0.25, -0.2) is 0 Å². The van der Waals surface area contributed by atoms with E-state index < -0.39 is 0 Å². The summed E-state index contributed by atoms with van der Waals surface area (Å²) < 4.78 is 6.03. The molecule has 0 saturated carbocycles. The van der Waals surface area contributed by atoms with E-state index >= 15 is 0 Å². The van der Waals surface area contributed by atoms with Crippen LogP contribution < -0.4 is 15.6 Å². The monoisotopic (exact) mass is 487 g/mol. The second-order valence-corrected chi connectivity index (χ2v) is 9.23. The number of nitrogens with one attached hydrogen (secondary N) is 1. The molecule has 1 aromatic heterocycles. The van der Waals surface area contributed by atoms with E-state index in [1.54, 1.807) is 18.2 Å². The van der Waals surface area contributed by atoms with Crippen molar-refractivity contribution in [3.63, 3.8) is 0 Å². The Balaban J connectivity index is 1.37. The smallest absolute Gasteiger partial charge is 0.240 e. The number of hydrogen-bond acceptors (Lipinski definition) is 5. The zero-order chi connectivity index (χ0) is 24.4. The average molecular weight is 488 g/mol. The number of carbonyl (C=O) groups excluding carboxylic acids is 1. The Bertz CT molecular complexity index is 1410. The van der Waals surface area contributed by atoms with Crippen molar-refractivity contribution in [1.29, 1.82) is 0 Å². The Kier molecular flexibility index (Phi) is 6.57. The van der Waals surface area contributed by atoms with Crippen LogP contribution in [-0.2, 0) is 4.79 Å². The third-order valence-electron chi connectivity index (χ3n) is 6.31. The molecule has 1 N–H and O–H groups in total. The van der Waals surface area contributed by atoms with E-state index in [2.05, 4.69) is 27.2 Å². The maximum absolute atomic E-state index is 13.4. The molecule has 0 radical (unpaired) electrons. The van der Waals surface area contributed by atoms with E-state index in [1.165, 1.54) is 5.69 Å². The molecule has 7 heteroatoms. The molecule has 0 unspecified atom stereocenters. The molecule has 1 fully saturated rings. The van der Waals surface area contributed by atoms with Crippen LogP contribution in [0.2, 0.25) is 5.02 Å². The molecule has 35 heavy (non-hydrogen) atoms. The highest BCUT2D eigenvalue weighted by Crippen LogP contribution is 2.30. The topological polar surface area (TPSA) is 65.8 Å². The molecule has 3 aromatic carbocycles. The minimum absolute atomic E-state index is 0.154. The molecule has 6 nitrogen and oxygen atoms in total. The summed E-state index contributed by atoms with van der Waals surface area (Å²) >= 11 is 6.13. The van der Waals surface area contributed by atoms with E-state index in [0.29, 0.717) is 27.1 Å². The van der Waals surface area contributed by atoms with Crippen LogP contribution in [-0.4, -0.2) is 43.5 Å². The van der Waals surface area contributed by atoms with Crippen LogP contribution in [0.15, 0.2) is 82.0 Å². The summed E-state index contributed by atoms with van der Waals surface area (Å²) in [5.74, 6) is -0.0652. The van der Waals surface area contributed by atoms with Crippen molar-refractivity contribution in [3.8, 4) is 11.1 Å². The van der Waals surface area contributed by atoms with E-state index in [9.17, 15) is 9.59 Å². The Morgan fingerprint density at radius 1 is 0.971 bits per heavy atom. The number of aryl methyl sites for hydroxylation is 1. The Morgan fingerprint density at radius 2 is 1.69 bits per heavy atom. The molecule has 0 atom stereocenters. The first-order valence-corrected chi connectivity index (χ1v) is 12.0.